The standard InChI is InChI=1S/C11H13FO3/c1-7(2)15-10(11(13)14)8-3-5-9(12)6-4-8/h3-7,10H,1-2H3,(H,13,14). The van der Waals surface area contributed by atoms with E-state index in [2.05, 4.69) is 0 Å². The van der Waals surface area contributed by atoms with Gasteiger partial charge in [0, 0.05) is 0 Å². The molecule has 0 amide bonds. The molecule has 1 rings (SSSR count). The molecule has 0 saturated carbocycles. The minimum absolute atomic E-state index is 0.198. The molecule has 0 bridgehead atoms. The molecule has 82 valence electrons. The van der Waals surface area contributed by atoms with Gasteiger partial charge in [0.2, 0.25) is 0 Å². The number of aliphatic carboxylic acids is 1. The van der Waals surface area contributed by atoms with E-state index in [9.17, 15) is 9.18 Å². The number of rotatable bonds is 4. The van der Waals surface area contributed by atoms with E-state index in [0.29, 0.717) is 5.56 Å². The molecule has 3 nitrogen and oxygen atoms in total. The molecule has 0 fully saturated rings. The van der Waals surface area contributed by atoms with Crippen molar-refractivity contribution < 1.29 is 19.0 Å². The molecule has 0 aliphatic heterocycles. The summed E-state index contributed by atoms with van der Waals surface area (Å²) in [6, 6.07) is 5.26. The predicted molar refractivity (Wildman–Crippen MR) is 53.0 cm³/mol. The molecule has 1 aromatic carbocycles. The van der Waals surface area contributed by atoms with E-state index in [0.717, 1.165) is 0 Å². The molecule has 1 aromatic rings. The monoisotopic (exact) mass is 212 g/mol. The molecule has 0 heterocycles. The second-order valence-corrected chi connectivity index (χ2v) is 3.45. The highest BCUT2D eigenvalue weighted by Crippen LogP contribution is 2.19. The number of carboxylic acids is 1. The first-order valence-electron chi connectivity index (χ1n) is 4.64. The summed E-state index contributed by atoms with van der Waals surface area (Å²) in [6.45, 7) is 3.50. The zero-order valence-electron chi connectivity index (χ0n) is 8.61. The van der Waals surface area contributed by atoms with Gasteiger partial charge < -0.3 is 9.84 Å². The molecule has 0 radical (unpaired) electrons. The largest absolute Gasteiger partial charge is 0.479 e. The summed E-state index contributed by atoms with van der Waals surface area (Å²) < 4.78 is 17.8. The Hall–Kier alpha value is -1.42. The van der Waals surface area contributed by atoms with Crippen molar-refractivity contribution in [2.75, 3.05) is 0 Å². The molecule has 15 heavy (non-hydrogen) atoms. The third-order valence-electron chi connectivity index (χ3n) is 1.81. The quantitative estimate of drug-likeness (QED) is 0.833. The lowest BCUT2D eigenvalue weighted by Crippen LogP contribution is -2.19. The van der Waals surface area contributed by atoms with Crippen LogP contribution in [-0.4, -0.2) is 17.2 Å². The summed E-state index contributed by atoms with van der Waals surface area (Å²) in [5.41, 5.74) is 0.442. The predicted octanol–water partition coefficient (Wildman–Crippen LogP) is 2.38. The number of hydrogen-bond acceptors (Lipinski definition) is 2. The number of carbonyl (C=O) groups is 1. The Morgan fingerprint density at radius 1 is 1.33 bits per heavy atom. The van der Waals surface area contributed by atoms with Crippen molar-refractivity contribution in [3.63, 3.8) is 0 Å². The van der Waals surface area contributed by atoms with E-state index >= 15 is 0 Å². The normalized spacial score (nSPS) is 12.8. The lowest BCUT2D eigenvalue weighted by molar-refractivity contribution is -0.153. The van der Waals surface area contributed by atoms with Gasteiger partial charge in [-0.15, -0.1) is 0 Å². The summed E-state index contributed by atoms with van der Waals surface area (Å²) in [4.78, 5) is 10.9. The van der Waals surface area contributed by atoms with Gasteiger partial charge in [0.25, 0.3) is 0 Å². The fourth-order valence-electron chi connectivity index (χ4n) is 1.19. The molecule has 0 aliphatic rings. The van der Waals surface area contributed by atoms with Gasteiger partial charge in [0.15, 0.2) is 6.10 Å². The number of benzene rings is 1. The Labute approximate surface area is 87.5 Å². The molecular formula is C11H13FO3. The van der Waals surface area contributed by atoms with Gasteiger partial charge in [-0.1, -0.05) is 12.1 Å². The van der Waals surface area contributed by atoms with Gasteiger partial charge in [-0.05, 0) is 31.5 Å². The van der Waals surface area contributed by atoms with Crippen LogP contribution in [0.1, 0.15) is 25.5 Å². The maximum absolute atomic E-state index is 12.6. The minimum Gasteiger partial charge on any atom is -0.479 e. The topological polar surface area (TPSA) is 46.5 Å². The Morgan fingerprint density at radius 2 is 1.87 bits per heavy atom. The van der Waals surface area contributed by atoms with E-state index < -0.39 is 17.9 Å². The summed E-state index contributed by atoms with van der Waals surface area (Å²) >= 11 is 0. The molecule has 1 N–H and O–H groups in total. The lowest BCUT2D eigenvalue weighted by Gasteiger charge is -2.16. The molecule has 4 heteroatoms. The molecule has 0 spiro atoms. The SMILES string of the molecule is CC(C)OC(C(=O)O)c1ccc(F)cc1. The average molecular weight is 212 g/mol. The highest BCUT2D eigenvalue weighted by molar-refractivity contribution is 5.74. The molecular weight excluding hydrogens is 199 g/mol. The van der Waals surface area contributed by atoms with E-state index in [1.165, 1.54) is 24.3 Å². The fourth-order valence-corrected chi connectivity index (χ4v) is 1.19. The van der Waals surface area contributed by atoms with Gasteiger partial charge >= 0.3 is 5.97 Å². The highest BCUT2D eigenvalue weighted by Gasteiger charge is 2.21. The van der Waals surface area contributed by atoms with Crippen molar-refractivity contribution in [3.05, 3.63) is 35.6 Å². The lowest BCUT2D eigenvalue weighted by atomic mass is 10.1. The third-order valence-corrected chi connectivity index (χ3v) is 1.81. The fraction of sp³-hybridized carbons (Fsp3) is 0.364. The Morgan fingerprint density at radius 3 is 2.27 bits per heavy atom. The van der Waals surface area contributed by atoms with Crippen molar-refractivity contribution in [2.24, 2.45) is 0 Å². The summed E-state index contributed by atoms with van der Waals surface area (Å²) in [7, 11) is 0. The molecule has 1 unspecified atom stereocenters. The highest BCUT2D eigenvalue weighted by atomic mass is 19.1. The van der Waals surface area contributed by atoms with Gasteiger partial charge in [-0.3, -0.25) is 0 Å². The van der Waals surface area contributed by atoms with Crippen molar-refractivity contribution in [3.8, 4) is 0 Å². The summed E-state index contributed by atoms with van der Waals surface area (Å²) in [6.07, 6.45) is -1.23. The zero-order valence-corrected chi connectivity index (χ0v) is 8.61. The van der Waals surface area contributed by atoms with Crippen LogP contribution in [0.3, 0.4) is 0 Å². The Bertz CT molecular complexity index is 332. The van der Waals surface area contributed by atoms with Crippen LogP contribution in [-0.2, 0) is 9.53 Å². The first kappa shape index (κ1) is 11.7. The van der Waals surface area contributed by atoms with Crippen LogP contribution in [0.25, 0.3) is 0 Å². The van der Waals surface area contributed by atoms with Crippen molar-refractivity contribution in [2.45, 2.75) is 26.1 Å². The van der Waals surface area contributed by atoms with Gasteiger partial charge in [0.05, 0.1) is 6.10 Å². The molecule has 0 aromatic heterocycles. The summed E-state index contributed by atoms with van der Waals surface area (Å²) in [5, 5.41) is 8.93. The van der Waals surface area contributed by atoms with Crippen LogP contribution in [0, 0.1) is 5.82 Å². The molecule has 0 aliphatic carbocycles. The second-order valence-electron chi connectivity index (χ2n) is 3.45. The first-order chi connectivity index (χ1) is 7.00. The zero-order chi connectivity index (χ0) is 11.4. The van der Waals surface area contributed by atoms with E-state index in [4.69, 9.17) is 9.84 Å². The average Bonchev–Trinajstić information content (AvgIpc) is 2.15. The minimum atomic E-state index is -1.07. The Kier molecular flexibility index (Phi) is 3.80. The summed E-state index contributed by atoms with van der Waals surface area (Å²) in [5.74, 6) is -1.47. The first-order valence-corrected chi connectivity index (χ1v) is 4.64. The van der Waals surface area contributed by atoms with Gasteiger partial charge in [-0.2, -0.15) is 0 Å². The maximum atomic E-state index is 12.6. The van der Waals surface area contributed by atoms with Crippen LogP contribution in [0.15, 0.2) is 24.3 Å². The van der Waals surface area contributed by atoms with Gasteiger partial charge in [-0.25, -0.2) is 9.18 Å². The number of halogens is 1. The smallest absolute Gasteiger partial charge is 0.337 e. The molecule has 0 saturated heterocycles. The van der Waals surface area contributed by atoms with Crippen LogP contribution in [0.4, 0.5) is 4.39 Å². The molecule has 1 atom stereocenters. The van der Waals surface area contributed by atoms with E-state index in [-0.39, 0.29) is 6.10 Å². The number of ether oxygens (including phenoxy) is 1. The van der Waals surface area contributed by atoms with Crippen LogP contribution in [0.5, 0.6) is 0 Å². The maximum Gasteiger partial charge on any atom is 0.337 e. The van der Waals surface area contributed by atoms with Crippen LogP contribution in [0.2, 0.25) is 0 Å². The number of hydrogen-bond donors (Lipinski definition) is 1. The van der Waals surface area contributed by atoms with Gasteiger partial charge in [0.1, 0.15) is 5.82 Å². The Balaban J connectivity index is 2.89. The van der Waals surface area contributed by atoms with Crippen molar-refractivity contribution in [1.82, 2.24) is 0 Å². The van der Waals surface area contributed by atoms with Crippen molar-refractivity contribution >= 4 is 5.97 Å². The van der Waals surface area contributed by atoms with Crippen molar-refractivity contribution in [1.29, 1.82) is 0 Å². The van der Waals surface area contributed by atoms with E-state index in [1.54, 1.807) is 13.8 Å². The second kappa shape index (κ2) is 4.89. The third kappa shape index (κ3) is 3.32. The van der Waals surface area contributed by atoms with Crippen LogP contribution < -0.4 is 0 Å². The van der Waals surface area contributed by atoms with Crippen LogP contribution >= 0.6 is 0 Å². The van der Waals surface area contributed by atoms with E-state index in [1.807, 2.05) is 0 Å². The number of carboxylic acid groups (broad SMARTS) is 1.